The summed E-state index contributed by atoms with van der Waals surface area (Å²) in [4.78, 5) is 47.7. The van der Waals surface area contributed by atoms with Crippen LogP contribution in [0.4, 0.5) is 4.39 Å². The van der Waals surface area contributed by atoms with Crippen LogP contribution in [0.3, 0.4) is 0 Å². The fourth-order valence-electron chi connectivity index (χ4n) is 2.77. The van der Waals surface area contributed by atoms with Crippen LogP contribution in [0.2, 0.25) is 5.02 Å². The standard InChI is InChI=1S/C18H18ClFN2O5/c1-2-14(17(26)21-13(8-16(24)25)15(23)9-20)22-6-5-10-7-11(19)3-4-12(10)18(22)27/h3-7,13-14H,2,8-9H2,1H3,(H,21,26)(H,24,25)/t13-,14?/m0/s1. The highest BCUT2D eigenvalue weighted by Crippen LogP contribution is 2.18. The van der Waals surface area contributed by atoms with Crippen molar-refractivity contribution in [3.8, 4) is 0 Å². The van der Waals surface area contributed by atoms with Gasteiger partial charge in [0.25, 0.3) is 5.56 Å². The van der Waals surface area contributed by atoms with Crippen LogP contribution in [-0.2, 0) is 14.4 Å². The van der Waals surface area contributed by atoms with Crippen LogP contribution in [0.15, 0.2) is 35.3 Å². The number of aliphatic carboxylic acids is 1. The number of halogens is 2. The van der Waals surface area contributed by atoms with Crippen LogP contribution in [0.25, 0.3) is 10.8 Å². The SMILES string of the molecule is CCC(C(=O)N[C@@H](CC(=O)O)C(=O)CF)n1ccc2cc(Cl)ccc2c1=O. The van der Waals surface area contributed by atoms with Crippen molar-refractivity contribution < 1.29 is 23.9 Å². The summed E-state index contributed by atoms with van der Waals surface area (Å²) in [6.07, 6.45) is 0.891. The molecule has 2 rings (SSSR count). The van der Waals surface area contributed by atoms with Gasteiger partial charge < -0.3 is 15.0 Å². The summed E-state index contributed by atoms with van der Waals surface area (Å²) >= 11 is 5.91. The molecular weight excluding hydrogens is 379 g/mol. The number of alkyl halides is 1. The molecule has 1 aromatic heterocycles. The first-order valence-electron chi connectivity index (χ1n) is 8.19. The number of carbonyl (C=O) groups is 3. The van der Waals surface area contributed by atoms with Crippen LogP contribution < -0.4 is 10.9 Å². The van der Waals surface area contributed by atoms with E-state index in [0.717, 1.165) is 0 Å². The van der Waals surface area contributed by atoms with Gasteiger partial charge in [0.1, 0.15) is 18.8 Å². The fourth-order valence-corrected chi connectivity index (χ4v) is 2.95. The van der Waals surface area contributed by atoms with Gasteiger partial charge in [-0.3, -0.25) is 19.2 Å². The molecule has 0 saturated heterocycles. The van der Waals surface area contributed by atoms with Gasteiger partial charge in [0.05, 0.1) is 6.42 Å². The maximum Gasteiger partial charge on any atom is 0.305 e. The molecule has 1 amide bonds. The number of hydrogen-bond acceptors (Lipinski definition) is 4. The van der Waals surface area contributed by atoms with Crippen molar-refractivity contribution >= 4 is 40.0 Å². The van der Waals surface area contributed by atoms with Crippen molar-refractivity contribution in [1.82, 2.24) is 9.88 Å². The average molecular weight is 397 g/mol. The zero-order valence-corrected chi connectivity index (χ0v) is 15.2. The van der Waals surface area contributed by atoms with Gasteiger partial charge in [-0.1, -0.05) is 18.5 Å². The lowest BCUT2D eigenvalue weighted by molar-refractivity contribution is -0.140. The largest absolute Gasteiger partial charge is 0.481 e. The van der Waals surface area contributed by atoms with Crippen LogP contribution in [-0.4, -0.2) is 40.0 Å². The molecule has 0 saturated carbocycles. The van der Waals surface area contributed by atoms with E-state index < -0.39 is 48.4 Å². The van der Waals surface area contributed by atoms with E-state index in [9.17, 15) is 23.6 Å². The number of pyridine rings is 1. The number of nitrogens with one attached hydrogen (secondary N) is 1. The van der Waals surface area contributed by atoms with E-state index in [-0.39, 0.29) is 6.42 Å². The second-order valence-corrected chi connectivity index (χ2v) is 6.38. The zero-order chi connectivity index (χ0) is 20.1. The Morgan fingerprint density at radius 1 is 1.30 bits per heavy atom. The van der Waals surface area contributed by atoms with Crippen molar-refractivity contribution in [1.29, 1.82) is 0 Å². The fraction of sp³-hybridized carbons (Fsp3) is 0.333. The van der Waals surface area contributed by atoms with Crippen LogP contribution >= 0.6 is 11.6 Å². The topological polar surface area (TPSA) is 105 Å². The number of hydrogen-bond donors (Lipinski definition) is 2. The third-order valence-corrected chi connectivity index (χ3v) is 4.37. The van der Waals surface area contributed by atoms with E-state index in [0.29, 0.717) is 15.8 Å². The Morgan fingerprint density at radius 2 is 2.00 bits per heavy atom. The molecular formula is C18H18ClFN2O5. The number of carboxylic acids is 1. The van der Waals surface area contributed by atoms with Crippen LogP contribution in [0.5, 0.6) is 0 Å². The van der Waals surface area contributed by atoms with Gasteiger partial charge in [-0.25, -0.2) is 4.39 Å². The highest BCUT2D eigenvalue weighted by molar-refractivity contribution is 6.31. The number of amides is 1. The Labute approximate surface area is 158 Å². The minimum Gasteiger partial charge on any atom is -0.481 e. The maximum absolute atomic E-state index is 12.7. The summed E-state index contributed by atoms with van der Waals surface area (Å²) in [5.74, 6) is -3.13. The number of rotatable bonds is 8. The molecule has 0 fully saturated rings. The quantitative estimate of drug-likeness (QED) is 0.710. The maximum atomic E-state index is 12.7. The molecule has 27 heavy (non-hydrogen) atoms. The molecule has 1 heterocycles. The third kappa shape index (κ3) is 4.71. The first kappa shape index (κ1) is 20.6. The number of carboxylic acid groups (broad SMARTS) is 1. The minimum absolute atomic E-state index is 0.203. The number of Topliss-reactive ketones (excluding diaryl/α,β-unsaturated/α-hetero) is 1. The second-order valence-electron chi connectivity index (χ2n) is 5.94. The Kier molecular flexibility index (Phi) is 6.68. The molecule has 0 aliphatic heterocycles. The molecule has 2 atom stereocenters. The van der Waals surface area contributed by atoms with Crippen molar-refractivity contribution in [2.45, 2.75) is 31.8 Å². The first-order valence-corrected chi connectivity index (χ1v) is 8.57. The Morgan fingerprint density at radius 3 is 2.59 bits per heavy atom. The summed E-state index contributed by atoms with van der Waals surface area (Å²) in [6, 6.07) is 3.86. The molecule has 0 bridgehead atoms. The highest BCUT2D eigenvalue weighted by Gasteiger charge is 2.28. The molecule has 2 N–H and O–H groups in total. The number of ketones is 1. The lowest BCUT2D eigenvalue weighted by atomic mass is 10.1. The number of aromatic nitrogens is 1. The number of benzene rings is 1. The molecule has 1 unspecified atom stereocenters. The van der Waals surface area contributed by atoms with Gasteiger partial charge in [-0.2, -0.15) is 0 Å². The van der Waals surface area contributed by atoms with Gasteiger partial charge >= 0.3 is 5.97 Å². The van der Waals surface area contributed by atoms with E-state index >= 15 is 0 Å². The summed E-state index contributed by atoms with van der Waals surface area (Å²) in [5, 5.41) is 12.5. The molecule has 0 aliphatic carbocycles. The summed E-state index contributed by atoms with van der Waals surface area (Å²) in [5.41, 5.74) is -0.433. The highest BCUT2D eigenvalue weighted by atomic mass is 35.5. The molecule has 144 valence electrons. The van der Waals surface area contributed by atoms with Crippen molar-refractivity contribution in [3.63, 3.8) is 0 Å². The van der Waals surface area contributed by atoms with E-state index in [2.05, 4.69) is 5.32 Å². The second kappa shape index (κ2) is 8.77. The summed E-state index contributed by atoms with van der Waals surface area (Å²) in [6.45, 7) is 0.262. The van der Waals surface area contributed by atoms with E-state index in [1.807, 2.05) is 0 Å². The molecule has 0 spiro atoms. The molecule has 1 aromatic carbocycles. The van der Waals surface area contributed by atoms with Gasteiger partial charge in [0.2, 0.25) is 5.91 Å². The summed E-state index contributed by atoms with van der Waals surface area (Å²) in [7, 11) is 0. The number of fused-ring (bicyclic) bond motifs is 1. The van der Waals surface area contributed by atoms with Gasteiger partial charge in [0, 0.05) is 16.6 Å². The van der Waals surface area contributed by atoms with Crippen molar-refractivity contribution in [2.75, 3.05) is 6.67 Å². The Bertz CT molecular complexity index is 943. The summed E-state index contributed by atoms with van der Waals surface area (Å²) < 4.78 is 13.9. The van der Waals surface area contributed by atoms with Crippen molar-refractivity contribution in [2.24, 2.45) is 0 Å². The number of carbonyl (C=O) groups excluding carboxylic acids is 2. The predicted molar refractivity (Wildman–Crippen MR) is 97.7 cm³/mol. The molecule has 0 radical (unpaired) electrons. The Hall–Kier alpha value is -2.74. The monoisotopic (exact) mass is 396 g/mol. The lowest BCUT2D eigenvalue weighted by Gasteiger charge is -2.21. The molecule has 9 heteroatoms. The lowest BCUT2D eigenvalue weighted by Crippen LogP contribution is -2.47. The smallest absolute Gasteiger partial charge is 0.305 e. The van der Waals surface area contributed by atoms with E-state index in [1.54, 1.807) is 31.2 Å². The molecule has 7 nitrogen and oxygen atoms in total. The van der Waals surface area contributed by atoms with Gasteiger partial charge in [0.15, 0.2) is 5.78 Å². The molecule has 0 aliphatic rings. The van der Waals surface area contributed by atoms with Crippen LogP contribution in [0, 0.1) is 0 Å². The Balaban J connectivity index is 2.36. The first-order chi connectivity index (χ1) is 12.8. The van der Waals surface area contributed by atoms with Gasteiger partial charge in [-0.05, 0) is 36.1 Å². The predicted octanol–water partition coefficient (Wildman–Crippen LogP) is 2.10. The number of nitrogens with zero attached hydrogens (tertiary/aromatic N) is 1. The van der Waals surface area contributed by atoms with E-state index in [1.165, 1.54) is 10.8 Å². The van der Waals surface area contributed by atoms with Gasteiger partial charge in [-0.15, -0.1) is 0 Å². The normalized spacial score (nSPS) is 13.1. The average Bonchev–Trinajstić information content (AvgIpc) is 2.62. The van der Waals surface area contributed by atoms with E-state index in [4.69, 9.17) is 16.7 Å². The zero-order valence-electron chi connectivity index (χ0n) is 14.4. The van der Waals surface area contributed by atoms with Crippen LogP contribution in [0.1, 0.15) is 25.8 Å². The van der Waals surface area contributed by atoms with Crippen molar-refractivity contribution in [3.05, 3.63) is 45.8 Å². The minimum atomic E-state index is -1.50. The third-order valence-electron chi connectivity index (χ3n) is 4.13. The molecule has 2 aromatic rings.